The standard InChI is InChI=1S/C35H26ClFN4O5/c1-35-25(31(43)39(32(35)44)20-11-13-27(37)26(36)17-20)18-28-24(30(35)23-12-14-29(42)22-10-6-5-9-21(22)23)15-16-38-33(45)40(34(46)41(28)38)19-7-3-2-4-8-19/h2-15,17,25,28,30,42H,16,18H2,1H3/t25-,28+,30-,35+/m0/s1. The van der Waals surface area contributed by atoms with Crippen molar-refractivity contribution >= 4 is 39.9 Å². The molecule has 11 heteroatoms. The number of rotatable bonds is 3. The van der Waals surface area contributed by atoms with E-state index in [0.29, 0.717) is 22.0 Å². The Labute approximate surface area is 266 Å². The number of phenolic OH excluding ortho intramolecular Hbond substituents is 1. The van der Waals surface area contributed by atoms with Gasteiger partial charge in [0.25, 0.3) is 0 Å². The number of nitrogens with zero attached hydrogens (tertiary/aromatic N) is 4. The lowest BCUT2D eigenvalue weighted by Gasteiger charge is -2.47. The molecule has 1 aliphatic carbocycles. The van der Waals surface area contributed by atoms with Crippen LogP contribution in [0.3, 0.4) is 0 Å². The van der Waals surface area contributed by atoms with E-state index in [-0.39, 0.29) is 29.4 Å². The number of benzene rings is 4. The summed E-state index contributed by atoms with van der Waals surface area (Å²) in [6.45, 7) is 1.83. The Morgan fingerprint density at radius 3 is 2.33 bits per heavy atom. The fourth-order valence-electron chi connectivity index (χ4n) is 7.85. The van der Waals surface area contributed by atoms with Crippen LogP contribution >= 0.6 is 11.6 Å². The van der Waals surface area contributed by atoms with Gasteiger partial charge < -0.3 is 5.11 Å². The summed E-state index contributed by atoms with van der Waals surface area (Å²) < 4.78 is 18.0. The van der Waals surface area contributed by atoms with Crippen molar-refractivity contribution in [3.63, 3.8) is 0 Å². The molecule has 2 fully saturated rings. The van der Waals surface area contributed by atoms with Gasteiger partial charge in [0.05, 0.1) is 40.3 Å². The van der Waals surface area contributed by atoms with E-state index in [1.54, 1.807) is 61.5 Å². The van der Waals surface area contributed by atoms with Gasteiger partial charge in [-0.25, -0.2) is 32.8 Å². The van der Waals surface area contributed by atoms with Crippen LogP contribution < -0.4 is 16.3 Å². The molecule has 1 saturated carbocycles. The molecule has 46 heavy (non-hydrogen) atoms. The van der Waals surface area contributed by atoms with Gasteiger partial charge in [0, 0.05) is 11.3 Å². The van der Waals surface area contributed by atoms with Gasteiger partial charge in [-0.3, -0.25) is 9.59 Å². The summed E-state index contributed by atoms with van der Waals surface area (Å²) in [6, 6.07) is 22.2. The highest BCUT2D eigenvalue weighted by Gasteiger charge is 2.65. The minimum absolute atomic E-state index is 0.0624. The maximum atomic E-state index is 14.6. The van der Waals surface area contributed by atoms with Crippen LogP contribution in [0.15, 0.2) is 106 Å². The number of carbonyl (C=O) groups excluding carboxylic acids is 2. The second-order valence-electron chi connectivity index (χ2n) is 12.2. The predicted octanol–water partition coefficient (Wildman–Crippen LogP) is 5.32. The zero-order valence-electron chi connectivity index (χ0n) is 24.4. The van der Waals surface area contributed by atoms with Crippen LogP contribution in [-0.4, -0.2) is 30.9 Å². The molecule has 4 atom stereocenters. The van der Waals surface area contributed by atoms with E-state index in [9.17, 15) is 28.7 Å². The summed E-state index contributed by atoms with van der Waals surface area (Å²) in [5, 5.41) is 11.8. The molecule has 2 aliphatic heterocycles. The minimum atomic E-state index is -1.34. The number of imide groups is 1. The first-order valence-electron chi connectivity index (χ1n) is 14.9. The van der Waals surface area contributed by atoms with Crippen LogP contribution in [0.2, 0.25) is 5.02 Å². The second-order valence-corrected chi connectivity index (χ2v) is 12.6. The van der Waals surface area contributed by atoms with Crippen LogP contribution in [0.25, 0.3) is 16.5 Å². The van der Waals surface area contributed by atoms with E-state index >= 15 is 0 Å². The number of fused-ring (bicyclic) bond motifs is 5. The minimum Gasteiger partial charge on any atom is -0.507 e. The lowest BCUT2D eigenvalue weighted by molar-refractivity contribution is -0.129. The molecule has 9 nitrogen and oxygen atoms in total. The molecule has 1 aromatic heterocycles. The van der Waals surface area contributed by atoms with E-state index in [1.807, 2.05) is 18.2 Å². The smallest absolute Gasteiger partial charge is 0.352 e. The van der Waals surface area contributed by atoms with Crippen LogP contribution in [0.4, 0.5) is 10.1 Å². The number of anilines is 1. The Bertz CT molecular complexity index is 2290. The highest BCUT2D eigenvalue weighted by Crippen LogP contribution is 2.62. The predicted molar refractivity (Wildman–Crippen MR) is 170 cm³/mol. The van der Waals surface area contributed by atoms with E-state index < -0.39 is 52.3 Å². The van der Waals surface area contributed by atoms with Crippen molar-refractivity contribution in [2.75, 3.05) is 4.90 Å². The molecule has 4 aromatic carbocycles. The van der Waals surface area contributed by atoms with E-state index in [2.05, 4.69) is 0 Å². The number of phenols is 1. The van der Waals surface area contributed by atoms with Crippen molar-refractivity contribution < 1.29 is 19.1 Å². The molecule has 8 rings (SSSR count). The molecule has 3 heterocycles. The molecule has 3 aliphatic rings. The molecule has 0 spiro atoms. The summed E-state index contributed by atoms with van der Waals surface area (Å²) in [6.07, 6.45) is 1.95. The molecule has 1 saturated heterocycles. The molecular weight excluding hydrogens is 611 g/mol. The number of aromatic nitrogens is 3. The number of allylic oxidation sites excluding steroid dienone is 2. The maximum absolute atomic E-state index is 14.6. The Hall–Kier alpha value is -5.22. The molecule has 0 bridgehead atoms. The third-order valence-electron chi connectivity index (χ3n) is 9.96. The Kier molecular flexibility index (Phi) is 6.08. The van der Waals surface area contributed by atoms with Gasteiger partial charge in [-0.2, -0.15) is 0 Å². The van der Waals surface area contributed by atoms with Gasteiger partial charge in [-0.15, -0.1) is 0 Å². The number of hydrogen-bond donors (Lipinski definition) is 1. The molecular formula is C35H26ClFN4O5. The van der Waals surface area contributed by atoms with Crippen LogP contribution in [-0.2, 0) is 16.1 Å². The number of amides is 2. The first-order chi connectivity index (χ1) is 22.1. The lowest BCUT2D eigenvalue weighted by Crippen LogP contribution is -2.49. The Morgan fingerprint density at radius 1 is 0.870 bits per heavy atom. The summed E-state index contributed by atoms with van der Waals surface area (Å²) in [7, 11) is 0. The van der Waals surface area contributed by atoms with Crippen LogP contribution in [0.1, 0.15) is 30.9 Å². The van der Waals surface area contributed by atoms with Crippen molar-refractivity contribution in [3.05, 3.63) is 134 Å². The van der Waals surface area contributed by atoms with E-state index in [4.69, 9.17) is 11.6 Å². The third kappa shape index (κ3) is 3.67. The number of hydrogen-bond acceptors (Lipinski definition) is 5. The summed E-state index contributed by atoms with van der Waals surface area (Å²) >= 11 is 6.09. The highest BCUT2D eigenvalue weighted by atomic mass is 35.5. The Morgan fingerprint density at radius 2 is 1.59 bits per heavy atom. The highest BCUT2D eigenvalue weighted by molar-refractivity contribution is 6.31. The first-order valence-corrected chi connectivity index (χ1v) is 15.2. The van der Waals surface area contributed by atoms with Gasteiger partial charge in [-0.1, -0.05) is 66.2 Å². The first kappa shape index (κ1) is 28.3. The zero-order chi connectivity index (χ0) is 32.1. The SMILES string of the molecule is C[C@@]12C(=O)N(c3ccc(F)c(Cl)c3)C(=O)[C@@H]1C[C@@H]1C(=CCn3c(=O)n(-c4ccccc4)c(=O)n31)[C@@H]2c1ccc(O)c2ccccc12. The molecule has 2 amide bonds. The van der Waals surface area contributed by atoms with Crippen LogP contribution in [0, 0.1) is 17.2 Å². The van der Waals surface area contributed by atoms with Crippen molar-refractivity contribution in [2.24, 2.45) is 11.3 Å². The Balaban J connectivity index is 1.38. The average molecular weight is 637 g/mol. The molecule has 230 valence electrons. The van der Waals surface area contributed by atoms with Crippen molar-refractivity contribution in [1.82, 2.24) is 13.9 Å². The zero-order valence-corrected chi connectivity index (χ0v) is 25.2. The second kappa shape index (κ2) is 9.89. The van der Waals surface area contributed by atoms with E-state index in [0.717, 1.165) is 21.1 Å². The number of aromatic hydroxyl groups is 1. The fraction of sp³-hybridized carbons (Fsp3) is 0.200. The third-order valence-corrected chi connectivity index (χ3v) is 10.2. The molecule has 1 N–H and O–H groups in total. The van der Waals surface area contributed by atoms with Crippen molar-refractivity contribution in [1.29, 1.82) is 0 Å². The van der Waals surface area contributed by atoms with E-state index in [1.165, 1.54) is 21.5 Å². The van der Waals surface area contributed by atoms with Crippen molar-refractivity contribution in [2.45, 2.75) is 31.8 Å². The summed E-state index contributed by atoms with van der Waals surface area (Å²) in [4.78, 5) is 57.8. The fourth-order valence-corrected chi connectivity index (χ4v) is 8.02. The van der Waals surface area contributed by atoms with Gasteiger partial charge in [0.1, 0.15) is 11.6 Å². The monoisotopic (exact) mass is 636 g/mol. The molecule has 5 aromatic rings. The van der Waals surface area contributed by atoms with Gasteiger partial charge in [0.2, 0.25) is 11.8 Å². The van der Waals surface area contributed by atoms with Crippen LogP contribution in [0.5, 0.6) is 5.75 Å². The normalized spacial score (nSPS) is 23.7. The van der Waals surface area contributed by atoms with Gasteiger partial charge in [-0.05, 0) is 66.3 Å². The quantitative estimate of drug-likeness (QED) is 0.213. The molecule has 0 radical (unpaired) electrons. The number of halogens is 2. The van der Waals surface area contributed by atoms with Crippen molar-refractivity contribution in [3.8, 4) is 11.4 Å². The number of carbonyl (C=O) groups is 2. The average Bonchev–Trinajstić information content (AvgIpc) is 3.43. The number of para-hydroxylation sites is 1. The maximum Gasteiger partial charge on any atom is 0.352 e. The summed E-state index contributed by atoms with van der Waals surface area (Å²) in [5.41, 5.74) is -0.417. The topological polar surface area (TPSA) is 107 Å². The largest absolute Gasteiger partial charge is 0.507 e. The summed E-state index contributed by atoms with van der Waals surface area (Å²) in [5.74, 6) is -3.25. The lowest BCUT2D eigenvalue weighted by atomic mass is 9.56. The van der Waals surface area contributed by atoms with Gasteiger partial charge >= 0.3 is 11.4 Å². The molecule has 0 unspecified atom stereocenters. The van der Waals surface area contributed by atoms with Gasteiger partial charge in [0.15, 0.2) is 0 Å².